The average Bonchev–Trinajstić information content (AvgIpc) is 2.74. The van der Waals surface area contributed by atoms with E-state index in [2.05, 4.69) is 27.9 Å². The molecule has 0 aliphatic heterocycles. The molecule has 0 saturated heterocycles. The minimum atomic E-state index is -0.0433. The summed E-state index contributed by atoms with van der Waals surface area (Å²) in [5.41, 5.74) is 2.82. The van der Waals surface area contributed by atoms with Crippen LogP contribution in [0.5, 0.6) is 5.75 Å². The third-order valence-electron chi connectivity index (χ3n) is 4.48. The molecule has 0 saturated carbocycles. The van der Waals surface area contributed by atoms with Crippen LogP contribution in [-0.4, -0.2) is 32.1 Å². The lowest BCUT2D eigenvalue weighted by Crippen LogP contribution is -2.36. The first-order chi connectivity index (χ1) is 13.5. The number of rotatable bonds is 8. The summed E-state index contributed by atoms with van der Waals surface area (Å²) in [5, 5.41) is 9.55. The van der Waals surface area contributed by atoms with Gasteiger partial charge in [-0.3, -0.25) is 9.79 Å². The van der Waals surface area contributed by atoms with E-state index >= 15 is 0 Å². The number of halogens is 1. The number of guanidine groups is 1. The van der Waals surface area contributed by atoms with Gasteiger partial charge in [0.25, 0.3) is 5.91 Å². The molecule has 0 aliphatic carbocycles. The smallest absolute Gasteiger partial charge is 0.251 e. The van der Waals surface area contributed by atoms with Crippen LogP contribution in [0.15, 0.2) is 53.5 Å². The molecule has 29 heavy (non-hydrogen) atoms. The largest absolute Gasteiger partial charge is 0.497 e. The second-order valence-corrected chi connectivity index (χ2v) is 6.61. The van der Waals surface area contributed by atoms with Gasteiger partial charge in [-0.05, 0) is 48.7 Å². The van der Waals surface area contributed by atoms with E-state index in [0.717, 1.165) is 23.3 Å². The molecular weight excluding hydrogens is 479 g/mol. The van der Waals surface area contributed by atoms with Crippen LogP contribution in [0.2, 0.25) is 0 Å². The maximum absolute atomic E-state index is 12.3. The lowest BCUT2D eigenvalue weighted by atomic mass is 10.1. The Balaban J connectivity index is 0.00000420. The van der Waals surface area contributed by atoms with E-state index in [9.17, 15) is 4.79 Å². The summed E-state index contributed by atoms with van der Waals surface area (Å²) in [6.45, 7) is 5.28. The Bertz CT molecular complexity index is 794. The van der Waals surface area contributed by atoms with E-state index in [1.165, 1.54) is 0 Å². The van der Waals surface area contributed by atoms with Crippen molar-refractivity contribution in [1.82, 2.24) is 16.0 Å². The number of aliphatic imine (C=N–C) groups is 1. The number of hydrogen-bond acceptors (Lipinski definition) is 3. The lowest BCUT2D eigenvalue weighted by Gasteiger charge is -2.14. The highest BCUT2D eigenvalue weighted by atomic mass is 127. The summed E-state index contributed by atoms with van der Waals surface area (Å²) in [6.07, 6.45) is 0.906. The first-order valence-corrected chi connectivity index (χ1v) is 9.53. The fraction of sp³-hybridized carbons (Fsp3) is 0.364. The van der Waals surface area contributed by atoms with Crippen LogP contribution in [0, 0.1) is 0 Å². The summed E-state index contributed by atoms with van der Waals surface area (Å²) >= 11 is 0. The van der Waals surface area contributed by atoms with Crippen LogP contribution in [0.3, 0.4) is 0 Å². The molecule has 1 atom stereocenters. The van der Waals surface area contributed by atoms with Crippen molar-refractivity contribution in [2.24, 2.45) is 4.99 Å². The first-order valence-electron chi connectivity index (χ1n) is 9.53. The maximum atomic E-state index is 12.3. The fourth-order valence-electron chi connectivity index (χ4n) is 2.57. The van der Waals surface area contributed by atoms with Crippen LogP contribution in [-0.2, 0) is 13.1 Å². The average molecular weight is 510 g/mol. The van der Waals surface area contributed by atoms with Crippen molar-refractivity contribution in [2.45, 2.75) is 39.4 Å². The fourth-order valence-corrected chi connectivity index (χ4v) is 2.57. The highest BCUT2D eigenvalue weighted by Gasteiger charge is 2.09. The van der Waals surface area contributed by atoms with Crippen LogP contribution in [0.1, 0.15) is 41.8 Å². The number of nitrogens with one attached hydrogen (secondary N) is 3. The molecule has 0 aromatic heterocycles. The van der Waals surface area contributed by atoms with Gasteiger partial charge in [-0.25, -0.2) is 0 Å². The predicted molar refractivity (Wildman–Crippen MR) is 129 cm³/mol. The van der Waals surface area contributed by atoms with Gasteiger partial charge in [0.1, 0.15) is 5.75 Å². The Morgan fingerprint density at radius 1 is 1.07 bits per heavy atom. The first kappa shape index (κ1) is 24.7. The normalized spacial score (nSPS) is 11.8. The highest BCUT2D eigenvalue weighted by Crippen LogP contribution is 2.11. The van der Waals surface area contributed by atoms with Crippen LogP contribution in [0.25, 0.3) is 0 Å². The van der Waals surface area contributed by atoms with E-state index < -0.39 is 0 Å². The van der Waals surface area contributed by atoms with Gasteiger partial charge in [-0.2, -0.15) is 0 Å². The number of carbonyl (C=O) groups is 1. The molecule has 6 nitrogen and oxygen atoms in total. The zero-order chi connectivity index (χ0) is 20.4. The monoisotopic (exact) mass is 510 g/mol. The molecule has 0 bridgehead atoms. The molecule has 158 valence electrons. The van der Waals surface area contributed by atoms with Gasteiger partial charge in [0, 0.05) is 31.7 Å². The Morgan fingerprint density at radius 2 is 1.72 bits per heavy atom. The third kappa shape index (κ3) is 8.31. The number of methoxy groups -OCH3 is 1. The molecule has 2 rings (SSSR count). The van der Waals surface area contributed by atoms with Crippen LogP contribution >= 0.6 is 24.0 Å². The molecular formula is C22H31IN4O2. The molecule has 0 aliphatic rings. The van der Waals surface area contributed by atoms with Crippen LogP contribution < -0.4 is 20.7 Å². The Hall–Kier alpha value is -2.29. The zero-order valence-corrected chi connectivity index (χ0v) is 19.8. The van der Waals surface area contributed by atoms with Crippen molar-refractivity contribution in [1.29, 1.82) is 0 Å². The second-order valence-electron chi connectivity index (χ2n) is 6.61. The summed E-state index contributed by atoms with van der Waals surface area (Å²) in [7, 11) is 3.39. The summed E-state index contributed by atoms with van der Waals surface area (Å²) < 4.78 is 5.17. The number of hydrogen-bond donors (Lipinski definition) is 3. The predicted octanol–water partition coefficient (Wildman–Crippen LogP) is 3.71. The molecule has 2 aromatic rings. The van der Waals surface area contributed by atoms with Gasteiger partial charge >= 0.3 is 0 Å². The van der Waals surface area contributed by atoms with Gasteiger partial charge in [-0.1, -0.05) is 31.2 Å². The minimum Gasteiger partial charge on any atom is -0.497 e. The third-order valence-corrected chi connectivity index (χ3v) is 4.48. The van der Waals surface area contributed by atoms with Gasteiger partial charge in [-0.15, -0.1) is 24.0 Å². The molecule has 0 spiro atoms. The molecule has 3 N–H and O–H groups in total. The standard InChI is InChI=1S/C22H30N4O2.HI/c1-5-16(2)26-21(27)19-8-6-7-18(13-19)15-25-22(23-3)24-14-17-9-11-20(28-4)12-10-17;/h6-13,16H,5,14-15H2,1-4H3,(H,26,27)(H2,23,24,25);1H. The van der Waals surface area contributed by atoms with E-state index in [1.54, 1.807) is 14.2 Å². The quantitative estimate of drug-likeness (QED) is 0.288. The van der Waals surface area contributed by atoms with Crippen molar-refractivity contribution in [3.8, 4) is 5.75 Å². The molecule has 0 heterocycles. The van der Waals surface area contributed by atoms with Gasteiger partial charge < -0.3 is 20.7 Å². The molecule has 7 heteroatoms. The van der Waals surface area contributed by atoms with E-state index in [-0.39, 0.29) is 35.9 Å². The zero-order valence-electron chi connectivity index (χ0n) is 17.5. The molecule has 0 fully saturated rings. The summed E-state index contributed by atoms with van der Waals surface area (Å²) in [4.78, 5) is 16.5. The maximum Gasteiger partial charge on any atom is 0.251 e. The SMILES string of the molecule is CCC(C)NC(=O)c1cccc(CNC(=NC)NCc2ccc(OC)cc2)c1.I. The molecule has 1 unspecified atom stereocenters. The van der Waals surface area contributed by atoms with Crippen molar-refractivity contribution in [2.75, 3.05) is 14.2 Å². The van der Waals surface area contributed by atoms with Gasteiger partial charge in [0.2, 0.25) is 0 Å². The second kappa shape index (κ2) is 13.0. The summed E-state index contributed by atoms with van der Waals surface area (Å²) in [6, 6.07) is 15.7. The van der Waals surface area contributed by atoms with Crippen molar-refractivity contribution in [3.05, 3.63) is 65.2 Å². The van der Waals surface area contributed by atoms with Crippen molar-refractivity contribution in [3.63, 3.8) is 0 Å². The number of carbonyl (C=O) groups excluding carboxylic acids is 1. The molecule has 0 radical (unpaired) electrons. The highest BCUT2D eigenvalue weighted by molar-refractivity contribution is 14.0. The number of ether oxygens (including phenoxy) is 1. The number of nitrogens with zero attached hydrogens (tertiary/aromatic N) is 1. The molecule has 2 aromatic carbocycles. The Labute approximate surface area is 190 Å². The van der Waals surface area contributed by atoms with Gasteiger partial charge in [0.05, 0.1) is 7.11 Å². The lowest BCUT2D eigenvalue weighted by molar-refractivity contribution is 0.0939. The van der Waals surface area contributed by atoms with E-state index in [1.807, 2.05) is 55.5 Å². The van der Waals surface area contributed by atoms with Gasteiger partial charge in [0.15, 0.2) is 5.96 Å². The van der Waals surface area contributed by atoms with Crippen LogP contribution in [0.4, 0.5) is 0 Å². The Morgan fingerprint density at radius 3 is 2.31 bits per heavy atom. The number of amides is 1. The minimum absolute atomic E-state index is 0. The summed E-state index contributed by atoms with van der Waals surface area (Å²) in [5.74, 6) is 1.49. The van der Waals surface area contributed by atoms with Crippen molar-refractivity contribution < 1.29 is 9.53 Å². The van der Waals surface area contributed by atoms with Crippen molar-refractivity contribution >= 4 is 35.8 Å². The Kier molecular flexibility index (Phi) is 11.1. The van der Waals surface area contributed by atoms with E-state index in [4.69, 9.17) is 4.74 Å². The van der Waals surface area contributed by atoms with E-state index in [0.29, 0.717) is 24.6 Å². The molecule has 1 amide bonds. The topological polar surface area (TPSA) is 74.8 Å². The number of benzene rings is 2.